The molecule has 8 nitrogen and oxygen atoms in total. The number of hydrogen-bond acceptors (Lipinski definition) is 6. The summed E-state index contributed by atoms with van der Waals surface area (Å²) in [6, 6.07) is 16.9. The number of aromatic nitrogens is 2. The van der Waals surface area contributed by atoms with E-state index in [0.717, 1.165) is 50.4 Å². The molecule has 1 N–H and O–H groups in total. The zero-order valence-corrected chi connectivity index (χ0v) is 21.7. The first-order valence-corrected chi connectivity index (χ1v) is 12.7. The Morgan fingerprint density at radius 2 is 2.03 bits per heavy atom. The molecule has 0 aliphatic rings. The summed E-state index contributed by atoms with van der Waals surface area (Å²) in [4.78, 5) is 20.7. The number of benzene rings is 2. The predicted octanol–water partition coefficient (Wildman–Crippen LogP) is 6.26. The number of carbonyl (C=O) groups is 1. The van der Waals surface area contributed by atoms with E-state index in [1.165, 1.54) is 0 Å². The van der Waals surface area contributed by atoms with Crippen molar-refractivity contribution in [1.29, 1.82) is 0 Å². The number of nitrogens with one attached hydrogen (secondary N) is 1. The van der Waals surface area contributed by atoms with Crippen molar-refractivity contribution >= 4 is 28.0 Å². The molecule has 0 radical (unpaired) electrons. The maximum absolute atomic E-state index is 13.2. The molecule has 37 heavy (non-hydrogen) atoms. The van der Waals surface area contributed by atoms with Gasteiger partial charge in [-0.1, -0.05) is 12.1 Å². The number of ether oxygens (including phenoxy) is 2. The van der Waals surface area contributed by atoms with E-state index in [1.807, 2.05) is 67.7 Å². The van der Waals surface area contributed by atoms with Crippen LogP contribution in [0.1, 0.15) is 17.0 Å². The number of carbonyl (C=O) groups excluding carboxylic acids is 1. The van der Waals surface area contributed by atoms with Gasteiger partial charge in [-0.05, 0) is 55.0 Å². The SMILES string of the molecule is COc1ccc(OC)c(-c2cn3c(CCN(Cc4ccco4)C(=O)Nc4cccc(C)c4)csc3n2)c1. The predicted molar refractivity (Wildman–Crippen MR) is 145 cm³/mol. The number of fused-ring (bicyclic) bond motifs is 1. The molecule has 9 heteroatoms. The second-order valence-electron chi connectivity index (χ2n) is 8.62. The first kappa shape index (κ1) is 24.5. The van der Waals surface area contributed by atoms with E-state index in [1.54, 1.807) is 36.7 Å². The number of amides is 2. The normalized spacial score (nSPS) is 11.0. The van der Waals surface area contributed by atoms with Crippen molar-refractivity contribution in [3.05, 3.63) is 89.5 Å². The smallest absolute Gasteiger partial charge is 0.322 e. The van der Waals surface area contributed by atoms with Crippen LogP contribution < -0.4 is 14.8 Å². The lowest BCUT2D eigenvalue weighted by Crippen LogP contribution is -2.36. The van der Waals surface area contributed by atoms with Crippen LogP contribution in [0.5, 0.6) is 11.5 Å². The van der Waals surface area contributed by atoms with E-state index in [-0.39, 0.29) is 6.03 Å². The molecule has 0 saturated heterocycles. The molecule has 3 heterocycles. The summed E-state index contributed by atoms with van der Waals surface area (Å²) in [6.07, 6.45) is 4.27. The van der Waals surface area contributed by atoms with Crippen LogP contribution in [-0.4, -0.2) is 41.1 Å². The zero-order valence-electron chi connectivity index (χ0n) is 20.9. The molecule has 3 aromatic heterocycles. The summed E-state index contributed by atoms with van der Waals surface area (Å²) in [6.45, 7) is 2.87. The molecule has 0 unspecified atom stereocenters. The van der Waals surface area contributed by atoms with Crippen molar-refractivity contribution in [3.63, 3.8) is 0 Å². The summed E-state index contributed by atoms with van der Waals surface area (Å²) in [5.74, 6) is 2.19. The molecule has 0 fully saturated rings. The van der Waals surface area contributed by atoms with E-state index in [2.05, 4.69) is 15.1 Å². The maximum Gasteiger partial charge on any atom is 0.322 e. The Morgan fingerprint density at radius 3 is 2.78 bits per heavy atom. The molecule has 5 aromatic rings. The van der Waals surface area contributed by atoms with Crippen LogP contribution in [-0.2, 0) is 13.0 Å². The zero-order chi connectivity index (χ0) is 25.8. The van der Waals surface area contributed by atoms with Crippen LogP contribution in [0.15, 0.2) is 76.9 Å². The van der Waals surface area contributed by atoms with Gasteiger partial charge in [-0.25, -0.2) is 9.78 Å². The van der Waals surface area contributed by atoms with Gasteiger partial charge >= 0.3 is 6.03 Å². The van der Waals surface area contributed by atoms with Gasteiger partial charge in [0.25, 0.3) is 0 Å². The minimum absolute atomic E-state index is 0.180. The van der Waals surface area contributed by atoms with Crippen molar-refractivity contribution in [1.82, 2.24) is 14.3 Å². The van der Waals surface area contributed by atoms with Crippen LogP contribution in [0.25, 0.3) is 16.2 Å². The first-order chi connectivity index (χ1) is 18.0. The molecule has 0 spiro atoms. The molecular formula is C28H28N4O4S. The molecule has 2 amide bonds. The Balaban J connectivity index is 1.37. The quantitative estimate of drug-likeness (QED) is 0.250. The number of thiazole rings is 1. The fourth-order valence-electron chi connectivity index (χ4n) is 4.17. The number of furan rings is 1. The minimum atomic E-state index is -0.180. The summed E-state index contributed by atoms with van der Waals surface area (Å²) in [5, 5.41) is 5.10. The highest BCUT2D eigenvalue weighted by Gasteiger charge is 2.18. The van der Waals surface area contributed by atoms with E-state index in [9.17, 15) is 4.79 Å². The molecule has 0 bridgehead atoms. The van der Waals surface area contributed by atoms with Crippen molar-refractivity contribution in [2.24, 2.45) is 0 Å². The number of anilines is 1. The topological polar surface area (TPSA) is 81.2 Å². The van der Waals surface area contributed by atoms with Gasteiger partial charge in [-0.15, -0.1) is 11.3 Å². The minimum Gasteiger partial charge on any atom is -0.497 e. The summed E-state index contributed by atoms with van der Waals surface area (Å²) >= 11 is 1.56. The van der Waals surface area contributed by atoms with Crippen molar-refractivity contribution in [2.45, 2.75) is 19.9 Å². The highest BCUT2D eigenvalue weighted by molar-refractivity contribution is 7.15. The molecule has 2 aromatic carbocycles. The van der Waals surface area contributed by atoms with E-state index in [0.29, 0.717) is 19.5 Å². The number of aryl methyl sites for hydroxylation is 1. The van der Waals surface area contributed by atoms with Gasteiger partial charge in [-0.3, -0.25) is 4.40 Å². The lowest BCUT2D eigenvalue weighted by molar-refractivity contribution is 0.204. The number of hydrogen-bond donors (Lipinski definition) is 1. The lowest BCUT2D eigenvalue weighted by Gasteiger charge is -2.22. The van der Waals surface area contributed by atoms with Gasteiger partial charge in [0, 0.05) is 41.5 Å². The van der Waals surface area contributed by atoms with Crippen molar-refractivity contribution in [3.8, 4) is 22.8 Å². The average molecular weight is 517 g/mol. The molecule has 0 atom stereocenters. The third kappa shape index (κ3) is 5.46. The van der Waals surface area contributed by atoms with Crippen LogP contribution in [0.3, 0.4) is 0 Å². The van der Waals surface area contributed by atoms with E-state index >= 15 is 0 Å². The van der Waals surface area contributed by atoms with Crippen molar-refractivity contribution in [2.75, 3.05) is 26.1 Å². The number of imidazole rings is 1. The Labute approximate surface area is 219 Å². The lowest BCUT2D eigenvalue weighted by atomic mass is 10.1. The van der Waals surface area contributed by atoms with Crippen LogP contribution in [0.2, 0.25) is 0 Å². The maximum atomic E-state index is 13.2. The average Bonchev–Trinajstić information content (AvgIpc) is 3.64. The Kier molecular flexibility index (Phi) is 7.14. The monoisotopic (exact) mass is 516 g/mol. The van der Waals surface area contributed by atoms with Crippen LogP contribution in [0.4, 0.5) is 10.5 Å². The van der Waals surface area contributed by atoms with Crippen LogP contribution in [0, 0.1) is 6.92 Å². The number of rotatable bonds is 9. The van der Waals surface area contributed by atoms with Crippen LogP contribution >= 0.6 is 11.3 Å². The first-order valence-electron chi connectivity index (χ1n) is 11.9. The number of urea groups is 1. The highest BCUT2D eigenvalue weighted by atomic mass is 32.1. The fraction of sp³-hybridized carbons (Fsp3) is 0.214. The fourth-order valence-corrected chi connectivity index (χ4v) is 5.08. The van der Waals surface area contributed by atoms with Gasteiger partial charge in [0.15, 0.2) is 4.96 Å². The highest BCUT2D eigenvalue weighted by Crippen LogP contribution is 2.34. The van der Waals surface area contributed by atoms with Gasteiger partial charge in [0.1, 0.15) is 17.3 Å². The largest absolute Gasteiger partial charge is 0.497 e. The summed E-state index contributed by atoms with van der Waals surface area (Å²) in [7, 11) is 3.28. The standard InChI is InChI=1S/C28H28N4O4S/c1-19-6-4-7-20(14-19)29-27(33)31(16-23-8-5-13-36-23)12-11-21-18-37-28-30-25(17-32(21)28)24-15-22(34-2)9-10-26(24)35-3/h4-10,13-15,17-18H,11-12,16H2,1-3H3,(H,29,33). The molecular weight excluding hydrogens is 488 g/mol. The molecule has 190 valence electrons. The molecule has 0 aliphatic carbocycles. The Hall–Kier alpha value is -4.24. The molecule has 0 saturated carbocycles. The third-order valence-electron chi connectivity index (χ3n) is 6.09. The Bertz CT molecular complexity index is 1510. The van der Waals surface area contributed by atoms with Crippen molar-refractivity contribution < 1.29 is 18.7 Å². The number of methoxy groups -OCH3 is 2. The summed E-state index contributed by atoms with van der Waals surface area (Å²) < 4.78 is 18.5. The van der Waals surface area contributed by atoms with Gasteiger partial charge in [0.05, 0.1) is 32.7 Å². The summed E-state index contributed by atoms with van der Waals surface area (Å²) in [5.41, 5.74) is 4.57. The van der Waals surface area contributed by atoms with Gasteiger partial charge in [-0.2, -0.15) is 0 Å². The van der Waals surface area contributed by atoms with Gasteiger partial charge in [0.2, 0.25) is 0 Å². The number of nitrogens with zero attached hydrogens (tertiary/aromatic N) is 3. The molecule has 0 aliphatic heterocycles. The van der Waals surface area contributed by atoms with Gasteiger partial charge < -0.3 is 24.1 Å². The van der Waals surface area contributed by atoms with E-state index in [4.69, 9.17) is 18.9 Å². The molecule has 5 rings (SSSR count). The second kappa shape index (κ2) is 10.8. The third-order valence-corrected chi connectivity index (χ3v) is 6.98. The second-order valence-corrected chi connectivity index (χ2v) is 9.46. The Morgan fingerprint density at radius 1 is 1.14 bits per heavy atom. The van der Waals surface area contributed by atoms with E-state index < -0.39 is 0 Å².